The molecule has 1 aromatic rings. The highest BCUT2D eigenvalue weighted by atomic mass is 19.1. The van der Waals surface area contributed by atoms with Crippen LogP contribution in [-0.2, 0) is 9.53 Å². The Balaban J connectivity index is 2.40. The molecular weight excluding hydrogens is 251 g/mol. The van der Waals surface area contributed by atoms with Gasteiger partial charge in [-0.25, -0.2) is 9.18 Å². The number of methoxy groups -OCH3 is 1. The number of carbonyl (C=O) groups is 2. The van der Waals surface area contributed by atoms with Crippen LogP contribution in [0.5, 0.6) is 0 Å². The smallest absolute Gasteiger partial charge is 0.328 e. The molecule has 102 valence electrons. The molecular formula is C13H15FN2O3. The van der Waals surface area contributed by atoms with E-state index in [4.69, 9.17) is 4.74 Å². The van der Waals surface area contributed by atoms with E-state index in [0.29, 0.717) is 24.9 Å². The predicted octanol–water partition coefficient (Wildman–Crippen LogP) is 1.57. The van der Waals surface area contributed by atoms with Crippen molar-refractivity contribution in [3.63, 3.8) is 0 Å². The van der Waals surface area contributed by atoms with Crippen LogP contribution in [0, 0.1) is 5.82 Å². The minimum Gasteiger partial charge on any atom is -0.467 e. The maximum Gasteiger partial charge on any atom is 0.328 e. The molecule has 0 spiro atoms. The topological polar surface area (TPSA) is 59.5 Å². The first-order chi connectivity index (χ1) is 9.19. The summed E-state index contributed by atoms with van der Waals surface area (Å²) in [4.78, 5) is 28.3. The van der Waals surface area contributed by atoms with E-state index in [2.05, 4.69) is 4.98 Å². The van der Waals surface area contributed by atoms with Gasteiger partial charge in [-0.1, -0.05) is 0 Å². The van der Waals surface area contributed by atoms with Crippen LogP contribution < -0.4 is 4.90 Å². The van der Waals surface area contributed by atoms with Crippen LogP contribution >= 0.6 is 0 Å². The normalized spacial score (nSPS) is 19.1. The van der Waals surface area contributed by atoms with Crippen molar-refractivity contribution in [3.8, 4) is 0 Å². The maximum absolute atomic E-state index is 13.6. The molecule has 0 aromatic carbocycles. The number of pyridine rings is 1. The van der Waals surface area contributed by atoms with Crippen molar-refractivity contribution < 1.29 is 18.7 Å². The minimum atomic E-state index is -0.679. The second kappa shape index (κ2) is 5.77. The van der Waals surface area contributed by atoms with Crippen LogP contribution in [0.4, 0.5) is 10.1 Å². The van der Waals surface area contributed by atoms with Gasteiger partial charge in [-0.3, -0.25) is 9.78 Å². The summed E-state index contributed by atoms with van der Waals surface area (Å²) >= 11 is 0. The predicted molar refractivity (Wildman–Crippen MR) is 66.6 cm³/mol. The molecule has 0 amide bonds. The Morgan fingerprint density at radius 1 is 1.53 bits per heavy atom. The molecule has 5 nitrogen and oxygen atoms in total. The van der Waals surface area contributed by atoms with Gasteiger partial charge >= 0.3 is 5.97 Å². The monoisotopic (exact) mass is 266 g/mol. The van der Waals surface area contributed by atoms with Gasteiger partial charge in [0, 0.05) is 6.54 Å². The first kappa shape index (κ1) is 13.5. The van der Waals surface area contributed by atoms with E-state index in [1.165, 1.54) is 13.3 Å². The summed E-state index contributed by atoms with van der Waals surface area (Å²) in [7, 11) is 1.32. The maximum atomic E-state index is 13.6. The Labute approximate surface area is 110 Å². The van der Waals surface area contributed by atoms with E-state index in [1.54, 1.807) is 4.90 Å². The molecule has 1 aliphatic heterocycles. The molecule has 1 fully saturated rings. The van der Waals surface area contributed by atoms with E-state index in [9.17, 15) is 14.0 Å². The SMILES string of the molecule is COC(=O)C1CCCCN1c1cncc(F)c1C=O. The second-order valence-corrected chi connectivity index (χ2v) is 4.40. The van der Waals surface area contributed by atoms with Crippen molar-refractivity contribution in [2.45, 2.75) is 25.3 Å². The fraction of sp³-hybridized carbons (Fsp3) is 0.462. The van der Waals surface area contributed by atoms with E-state index >= 15 is 0 Å². The van der Waals surface area contributed by atoms with Gasteiger partial charge in [-0.05, 0) is 19.3 Å². The molecule has 1 saturated heterocycles. The average molecular weight is 266 g/mol. The van der Waals surface area contributed by atoms with Crippen molar-refractivity contribution in [2.75, 3.05) is 18.6 Å². The first-order valence-electron chi connectivity index (χ1n) is 6.12. The number of carbonyl (C=O) groups excluding carboxylic acids is 2. The van der Waals surface area contributed by atoms with Gasteiger partial charge in [0.15, 0.2) is 12.1 Å². The zero-order valence-corrected chi connectivity index (χ0v) is 10.6. The molecule has 1 aromatic heterocycles. The largest absolute Gasteiger partial charge is 0.467 e. The fourth-order valence-corrected chi connectivity index (χ4v) is 2.38. The summed E-state index contributed by atoms with van der Waals surface area (Å²) in [6.07, 6.45) is 5.26. The van der Waals surface area contributed by atoms with Crippen LogP contribution in [0.1, 0.15) is 29.6 Å². The van der Waals surface area contributed by atoms with Gasteiger partial charge in [-0.15, -0.1) is 0 Å². The Kier molecular flexibility index (Phi) is 4.09. The van der Waals surface area contributed by atoms with Gasteiger partial charge < -0.3 is 9.64 Å². The van der Waals surface area contributed by atoms with Crippen molar-refractivity contribution in [3.05, 3.63) is 23.8 Å². The van der Waals surface area contributed by atoms with E-state index in [1.807, 2.05) is 0 Å². The number of halogens is 1. The van der Waals surface area contributed by atoms with Crippen LogP contribution in [0.2, 0.25) is 0 Å². The standard InChI is InChI=1S/C13H15FN2O3/c1-19-13(18)11-4-2-3-5-16(11)12-7-15-6-10(14)9(12)8-17/h6-8,11H,2-5H2,1H3. The van der Waals surface area contributed by atoms with Crippen molar-refractivity contribution in [2.24, 2.45) is 0 Å². The number of piperidine rings is 1. The molecule has 0 aliphatic carbocycles. The summed E-state index contributed by atoms with van der Waals surface area (Å²) in [5.74, 6) is -1.05. The molecule has 2 heterocycles. The molecule has 0 saturated carbocycles. The molecule has 0 radical (unpaired) electrons. The molecule has 2 rings (SSSR count). The van der Waals surface area contributed by atoms with Gasteiger partial charge in [0.2, 0.25) is 0 Å². The third-order valence-corrected chi connectivity index (χ3v) is 3.32. The third-order valence-electron chi connectivity index (χ3n) is 3.32. The Hall–Kier alpha value is -1.98. The second-order valence-electron chi connectivity index (χ2n) is 4.40. The number of rotatable bonds is 3. The third kappa shape index (κ3) is 2.57. The Morgan fingerprint density at radius 3 is 3.00 bits per heavy atom. The number of ether oxygens (including phenoxy) is 1. The van der Waals surface area contributed by atoms with Crippen molar-refractivity contribution >= 4 is 17.9 Å². The number of nitrogens with zero attached hydrogens (tertiary/aromatic N) is 2. The quantitative estimate of drug-likeness (QED) is 0.614. The molecule has 1 atom stereocenters. The van der Waals surface area contributed by atoms with Crippen molar-refractivity contribution in [1.82, 2.24) is 4.98 Å². The van der Waals surface area contributed by atoms with Gasteiger partial charge in [0.05, 0.1) is 30.8 Å². The fourth-order valence-electron chi connectivity index (χ4n) is 2.38. The molecule has 0 bridgehead atoms. The van der Waals surface area contributed by atoms with E-state index in [0.717, 1.165) is 19.0 Å². The Morgan fingerprint density at radius 2 is 2.32 bits per heavy atom. The summed E-state index contributed by atoms with van der Waals surface area (Å²) in [5, 5.41) is 0. The lowest BCUT2D eigenvalue weighted by Crippen LogP contribution is -2.46. The molecule has 19 heavy (non-hydrogen) atoms. The number of hydrogen-bond donors (Lipinski definition) is 0. The first-order valence-corrected chi connectivity index (χ1v) is 6.12. The Bertz CT molecular complexity index is 493. The average Bonchev–Trinajstić information content (AvgIpc) is 2.46. The zero-order chi connectivity index (χ0) is 13.8. The number of anilines is 1. The summed E-state index contributed by atoms with van der Waals surface area (Å²) in [6, 6.07) is -0.485. The zero-order valence-electron chi connectivity index (χ0n) is 10.6. The highest BCUT2D eigenvalue weighted by Gasteiger charge is 2.31. The molecule has 6 heteroatoms. The summed E-state index contributed by atoms with van der Waals surface area (Å²) < 4.78 is 18.3. The lowest BCUT2D eigenvalue weighted by atomic mass is 10.0. The van der Waals surface area contributed by atoms with Gasteiger partial charge in [-0.2, -0.15) is 0 Å². The van der Waals surface area contributed by atoms with Crippen LogP contribution in [-0.4, -0.2) is 36.9 Å². The van der Waals surface area contributed by atoms with Gasteiger partial charge in [0.25, 0.3) is 0 Å². The van der Waals surface area contributed by atoms with Crippen LogP contribution in [0.3, 0.4) is 0 Å². The summed E-state index contributed by atoms with van der Waals surface area (Å²) in [6.45, 7) is 0.575. The number of esters is 1. The number of hydrogen-bond acceptors (Lipinski definition) is 5. The van der Waals surface area contributed by atoms with E-state index in [-0.39, 0.29) is 11.5 Å². The lowest BCUT2D eigenvalue weighted by Gasteiger charge is -2.35. The van der Waals surface area contributed by atoms with Crippen LogP contribution in [0.15, 0.2) is 12.4 Å². The molecule has 0 N–H and O–H groups in total. The van der Waals surface area contributed by atoms with Gasteiger partial charge in [0.1, 0.15) is 6.04 Å². The summed E-state index contributed by atoms with van der Waals surface area (Å²) in [5.41, 5.74) is 0.288. The number of aromatic nitrogens is 1. The number of aldehydes is 1. The highest BCUT2D eigenvalue weighted by molar-refractivity contribution is 5.87. The molecule has 1 aliphatic rings. The van der Waals surface area contributed by atoms with Crippen molar-refractivity contribution in [1.29, 1.82) is 0 Å². The minimum absolute atomic E-state index is 0.0641. The van der Waals surface area contributed by atoms with E-state index < -0.39 is 11.9 Å². The molecule has 1 unspecified atom stereocenters. The lowest BCUT2D eigenvalue weighted by molar-refractivity contribution is -0.142. The highest BCUT2D eigenvalue weighted by Crippen LogP contribution is 2.28. The van der Waals surface area contributed by atoms with Crippen LogP contribution in [0.25, 0.3) is 0 Å².